The SMILES string of the molecule is COC(=O)C(O)CNc1ccc2nnc(C(F)(F)F)n2n1. The number of aliphatic hydroxyl groups excluding tert-OH is 1. The molecule has 11 heteroatoms. The molecular weight excluding hydrogens is 295 g/mol. The Morgan fingerprint density at radius 3 is 2.81 bits per heavy atom. The Hall–Kier alpha value is -2.43. The van der Waals surface area contributed by atoms with Gasteiger partial charge in [0.2, 0.25) is 0 Å². The molecule has 0 amide bonds. The van der Waals surface area contributed by atoms with Crippen LogP contribution in [0, 0.1) is 0 Å². The van der Waals surface area contributed by atoms with Gasteiger partial charge in [0.15, 0.2) is 11.8 Å². The van der Waals surface area contributed by atoms with E-state index in [4.69, 9.17) is 0 Å². The van der Waals surface area contributed by atoms with Crippen molar-refractivity contribution in [1.29, 1.82) is 0 Å². The Bertz CT molecular complexity index is 657. The van der Waals surface area contributed by atoms with Gasteiger partial charge in [-0.3, -0.25) is 0 Å². The van der Waals surface area contributed by atoms with Crippen molar-refractivity contribution in [3.8, 4) is 0 Å². The first kappa shape index (κ1) is 15.0. The number of aromatic nitrogens is 4. The molecule has 0 aromatic carbocycles. The molecule has 0 spiro atoms. The van der Waals surface area contributed by atoms with E-state index < -0.39 is 24.1 Å². The highest BCUT2D eigenvalue weighted by Crippen LogP contribution is 2.27. The molecule has 0 radical (unpaired) electrons. The first-order valence-electron chi connectivity index (χ1n) is 5.62. The van der Waals surface area contributed by atoms with E-state index in [1.807, 2.05) is 0 Å². The van der Waals surface area contributed by atoms with Crippen LogP contribution in [-0.2, 0) is 15.7 Å². The van der Waals surface area contributed by atoms with Crippen molar-refractivity contribution < 1.29 is 27.8 Å². The highest BCUT2D eigenvalue weighted by Gasteiger charge is 2.37. The van der Waals surface area contributed by atoms with Crippen LogP contribution in [0.25, 0.3) is 5.65 Å². The topological polar surface area (TPSA) is 102 Å². The predicted octanol–water partition coefficient (Wildman–Crippen LogP) is 0.0889. The van der Waals surface area contributed by atoms with Gasteiger partial charge in [-0.05, 0) is 12.1 Å². The van der Waals surface area contributed by atoms with E-state index in [1.54, 1.807) is 0 Å². The summed E-state index contributed by atoms with van der Waals surface area (Å²) in [5.74, 6) is -2.13. The minimum atomic E-state index is -4.70. The number of carbonyl (C=O) groups excluding carboxylic acids is 1. The Kier molecular flexibility index (Phi) is 3.93. The third-order valence-electron chi connectivity index (χ3n) is 2.47. The van der Waals surface area contributed by atoms with Gasteiger partial charge in [-0.1, -0.05) is 0 Å². The van der Waals surface area contributed by atoms with Crippen LogP contribution in [0.15, 0.2) is 12.1 Å². The van der Waals surface area contributed by atoms with Crippen LogP contribution in [0.2, 0.25) is 0 Å². The molecule has 21 heavy (non-hydrogen) atoms. The molecule has 0 saturated carbocycles. The van der Waals surface area contributed by atoms with Gasteiger partial charge in [0.05, 0.1) is 13.7 Å². The van der Waals surface area contributed by atoms with Crippen molar-refractivity contribution in [3.05, 3.63) is 18.0 Å². The van der Waals surface area contributed by atoms with Gasteiger partial charge in [-0.25, -0.2) is 4.79 Å². The number of ether oxygens (including phenoxy) is 1. The second-order valence-corrected chi connectivity index (χ2v) is 3.93. The van der Waals surface area contributed by atoms with Gasteiger partial charge in [0.25, 0.3) is 5.82 Å². The van der Waals surface area contributed by atoms with Crippen molar-refractivity contribution in [2.24, 2.45) is 0 Å². The van der Waals surface area contributed by atoms with Gasteiger partial charge < -0.3 is 15.2 Å². The van der Waals surface area contributed by atoms with Crippen LogP contribution < -0.4 is 5.32 Å². The van der Waals surface area contributed by atoms with Gasteiger partial charge in [0.1, 0.15) is 5.82 Å². The van der Waals surface area contributed by atoms with E-state index in [0.29, 0.717) is 4.52 Å². The van der Waals surface area contributed by atoms with Gasteiger partial charge in [-0.2, -0.15) is 17.7 Å². The molecule has 2 aromatic rings. The van der Waals surface area contributed by atoms with E-state index in [0.717, 1.165) is 7.11 Å². The maximum Gasteiger partial charge on any atom is 0.453 e. The molecule has 2 N–H and O–H groups in total. The number of nitrogens with zero attached hydrogens (tertiary/aromatic N) is 4. The van der Waals surface area contributed by atoms with E-state index in [-0.39, 0.29) is 18.0 Å². The molecule has 0 aliphatic rings. The summed E-state index contributed by atoms with van der Waals surface area (Å²) in [6.45, 7) is -0.269. The van der Waals surface area contributed by atoms with E-state index >= 15 is 0 Å². The van der Waals surface area contributed by atoms with Crippen LogP contribution in [0.1, 0.15) is 5.82 Å². The Balaban J connectivity index is 2.20. The number of hydrogen-bond acceptors (Lipinski definition) is 7. The summed E-state index contributed by atoms with van der Waals surface area (Å²) in [5, 5.41) is 21.9. The van der Waals surface area contributed by atoms with Crippen molar-refractivity contribution >= 4 is 17.4 Å². The lowest BCUT2D eigenvalue weighted by atomic mass is 10.3. The van der Waals surface area contributed by atoms with Crippen LogP contribution in [0.5, 0.6) is 0 Å². The molecule has 2 aromatic heterocycles. The monoisotopic (exact) mass is 305 g/mol. The second-order valence-electron chi connectivity index (χ2n) is 3.93. The molecule has 1 atom stereocenters. The molecule has 8 nitrogen and oxygen atoms in total. The zero-order valence-corrected chi connectivity index (χ0v) is 10.6. The standard InChI is InChI=1S/C10H10F3N5O3/c1-21-8(20)5(19)4-14-6-2-3-7-15-16-9(10(11,12)13)18(7)17-6/h2-3,5,19H,4H2,1H3,(H,14,17). The quantitative estimate of drug-likeness (QED) is 0.772. The molecule has 1 unspecified atom stereocenters. The zero-order valence-electron chi connectivity index (χ0n) is 10.6. The molecular formula is C10H10F3N5O3. The Morgan fingerprint density at radius 1 is 1.48 bits per heavy atom. The summed E-state index contributed by atoms with van der Waals surface area (Å²) in [5.41, 5.74) is -0.0820. The first-order chi connectivity index (χ1) is 9.82. The lowest BCUT2D eigenvalue weighted by Crippen LogP contribution is -2.30. The summed E-state index contributed by atoms with van der Waals surface area (Å²) >= 11 is 0. The lowest BCUT2D eigenvalue weighted by molar-refractivity contribution is -0.149. The summed E-state index contributed by atoms with van der Waals surface area (Å²) in [4.78, 5) is 11.0. The fraction of sp³-hybridized carbons (Fsp3) is 0.400. The maximum absolute atomic E-state index is 12.7. The number of alkyl halides is 3. The molecule has 0 aliphatic heterocycles. The normalized spacial score (nSPS) is 13.2. The minimum Gasteiger partial charge on any atom is -0.467 e. The molecule has 2 heterocycles. The number of nitrogens with one attached hydrogen (secondary N) is 1. The number of methoxy groups -OCH3 is 1. The zero-order chi connectivity index (χ0) is 15.6. The van der Waals surface area contributed by atoms with Crippen molar-refractivity contribution in [1.82, 2.24) is 19.8 Å². The molecule has 2 rings (SSSR count). The van der Waals surface area contributed by atoms with Gasteiger partial charge >= 0.3 is 12.1 Å². The summed E-state index contributed by atoms with van der Waals surface area (Å²) in [7, 11) is 1.10. The number of fused-ring (bicyclic) bond motifs is 1. The third kappa shape index (κ3) is 3.18. The highest BCUT2D eigenvalue weighted by atomic mass is 19.4. The Labute approximate surface area is 115 Å². The fourth-order valence-electron chi connectivity index (χ4n) is 1.48. The highest BCUT2D eigenvalue weighted by molar-refractivity contribution is 5.74. The van der Waals surface area contributed by atoms with Crippen LogP contribution in [0.4, 0.5) is 19.0 Å². The summed E-state index contributed by atoms with van der Waals surface area (Å²) < 4.78 is 42.8. The number of carbonyl (C=O) groups is 1. The number of halogens is 3. The average Bonchev–Trinajstić information content (AvgIpc) is 2.86. The molecule has 0 aliphatic carbocycles. The minimum absolute atomic E-state index is 0.00996. The second kappa shape index (κ2) is 5.52. The van der Waals surface area contributed by atoms with Crippen LogP contribution in [-0.4, -0.2) is 50.6 Å². The third-order valence-corrected chi connectivity index (χ3v) is 2.47. The molecule has 0 saturated heterocycles. The van der Waals surface area contributed by atoms with Crippen LogP contribution in [0.3, 0.4) is 0 Å². The van der Waals surface area contributed by atoms with E-state index in [9.17, 15) is 23.1 Å². The number of rotatable bonds is 4. The smallest absolute Gasteiger partial charge is 0.453 e. The molecule has 114 valence electrons. The maximum atomic E-state index is 12.7. The largest absolute Gasteiger partial charge is 0.467 e. The number of aliphatic hydroxyl groups is 1. The molecule has 0 fully saturated rings. The number of hydrogen-bond donors (Lipinski definition) is 2. The number of esters is 1. The summed E-state index contributed by atoms with van der Waals surface area (Å²) in [6.07, 6.45) is -6.16. The predicted molar refractivity (Wildman–Crippen MR) is 62.3 cm³/mol. The van der Waals surface area contributed by atoms with Crippen molar-refractivity contribution in [2.75, 3.05) is 19.0 Å². The average molecular weight is 305 g/mol. The van der Waals surface area contributed by atoms with E-state index in [1.165, 1.54) is 12.1 Å². The van der Waals surface area contributed by atoms with Crippen molar-refractivity contribution in [3.63, 3.8) is 0 Å². The fourth-order valence-corrected chi connectivity index (χ4v) is 1.48. The molecule has 0 bridgehead atoms. The van der Waals surface area contributed by atoms with Gasteiger partial charge in [-0.15, -0.1) is 15.3 Å². The van der Waals surface area contributed by atoms with E-state index in [2.05, 4.69) is 25.3 Å². The van der Waals surface area contributed by atoms with Gasteiger partial charge in [0, 0.05) is 0 Å². The van der Waals surface area contributed by atoms with Crippen LogP contribution >= 0.6 is 0 Å². The van der Waals surface area contributed by atoms with Crippen molar-refractivity contribution in [2.45, 2.75) is 12.3 Å². The number of anilines is 1. The summed E-state index contributed by atoms with van der Waals surface area (Å²) in [6, 6.07) is 2.61. The Morgan fingerprint density at radius 2 is 2.19 bits per heavy atom. The lowest BCUT2D eigenvalue weighted by Gasteiger charge is -2.10. The first-order valence-corrected chi connectivity index (χ1v) is 5.62.